The van der Waals surface area contributed by atoms with Crippen LogP contribution in [0, 0.1) is 11.8 Å². The maximum atomic E-state index is 12.7. The van der Waals surface area contributed by atoms with Crippen LogP contribution in [0.1, 0.15) is 23.2 Å². The Kier molecular flexibility index (Phi) is 4.19. The lowest BCUT2D eigenvalue weighted by molar-refractivity contribution is -0.0372. The molecule has 0 unspecified atom stereocenters. The Balaban J connectivity index is 1.75. The molecule has 1 saturated carbocycles. The molecule has 0 bridgehead atoms. The van der Waals surface area contributed by atoms with Gasteiger partial charge in [0.2, 0.25) is 0 Å². The van der Waals surface area contributed by atoms with Gasteiger partial charge in [-0.1, -0.05) is 0 Å². The monoisotopic (exact) mass is 308 g/mol. The first-order chi connectivity index (χ1) is 10.1. The number of nitrogens with zero attached hydrogens (tertiary/aromatic N) is 2. The number of rotatable bonds is 2. The molecular weight excluding hydrogens is 288 g/mol. The van der Waals surface area contributed by atoms with Crippen molar-refractivity contribution in [2.75, 3.05) is 19.3 Å². The van der Waals surface area contributed by atoms with E-state index in [-0.39, 0.29) is 5.91 Å². The second-order valence-electron chi connectivity index (χ2n) is 5.90. The minimum Gasteiger partial charge on any atom is -0.390 e. The molecule has 1 saturated heterocycles. The standard InChI is InChI=1S/C15H20N2O3S/c1-21-14-11(3-2-4-16-14)15(20)17-7-9-5-12(18)13(19)6-10(9)8-17/h2-4,9-10,12-13,18-19H,5-8H2,1H3/t9-,10+,12-,13-/m0/s1. The van der Waals surface area contributed by atoms with Crippen LogP contribution in [0.25, 0.3) is 0 Å². The summed E-state index contributed by atoms with van der Waals surface area (Å²) in [7, 11) is 0. The van der Waals surface area contributed by atoms with Gasteiger partial charge in [0.1, 0.15) is 5.03 Å². The SMILES string of the molecule is CSc1ncccc1C(=O)N1C[C@H]2C[C@H](O)[C@@H](O)C[C@H]2C1. The second-order valence-corrected chi connectivity index (χ2v) is 6.69. The predicted octanol–water partition coefficient (Wildman–Crippen LogP) is 1.01. The fourth-order valence-electron chi connectivity index (χ4n) is 3.46. The zero-order valence-electron chi connectivity index (χ0n) is 12.0. The van der Waals surface area contributed by atoms with Crippen LogP contribution >= 0.6 is 11.8 Å². The number of amides is 1. The number of hydrogen-bond acceptors (Lipinski definition) is 5. The summed E-state index contributed by atoms with van der Waals surface area (Å²) in [6, 6.07) is 3.59. The number of aromatic nitrogens is 1. The summed E-state index contributed by atoms with van der Waals surface area (Å²) in [6.45, 7) is 1.33. The first kappa shape index (κ1) is 14.8. The number of fused-ring (bicyclic) bond motifs is 1. The van der Waals surface area contributed by atoms with Gasteiger partial charge in [0.25, 0.3) is 5.91 Å². The van der Waals surface area contributed by atoms with Crippen LogP contribution < -0.4 is 0 Å². The topological polar surface area (TPSA) is 73.7 Å². The van der Waals surface area contributed by atoms with E-state index in [2.05, 4.69) is 4.98 Å². The number of likely N-dealkylation sites (tertiary alicyclic amines) is 1. The van der Waals surface area contributed by atoms with Gasteiger partial charge in [-0.25, -0.2) is 4.98 Å². The van der Waals surface area contributed by atoms with Crippen molar-refractivity contribution >= 4 is 17.7 Å². The van der Waals surface area contributed by atoms with E-state index in [0.717, 1.165) is 5.03 Å². The molecule has 2 fully saturated rings. The van der Waals surface area contributed by atoms with Gasteiger partial charge >= 0.3 is 0 Å². The van der Waals surface area contributed by atoms with E-state index in [0.29, 0.717) is 43.3 Å². The largest absolute Gasteiger partial charge is 0.390 e. The zero-order valence-corrected chi connectivity index (χ0v) is 12.8. The number of carbonyl (C=O) groups excluding carboxylic acids is 1. The van der Waals surface area contributed by atoms with E-state index in [1.807, 2.05) is 17.2 Å². The number of carbonyl (C=O) groups is 1. The molecule has 2 N–H and O–H groups in total. The van der Waals surface area contributed by atoms with E-state index >= 15 is 0 Å². The smallest absolute Gasteiger partial charge is 0.256 e. The number of aliphatic hydroxyl groups excluding tert-OH is 2. The van der Waals surface area contributed by atoms with Gasteiger partial charge in [-0.2, -0.15) is 0 Å². The number of pyridine rings is 1. The maximum Gasteiger partial charge on any atom is 0.256 e. The van der Waals surface area contributed by atoms with E-state index in [4.69, 9.17) is 0 Å². The summed E-state index contributed by atoms with van der Waals surface area (Å²) in [6.07, 6.45) is 3.47. The molecule has 6 heteroatoms. The van der Waals surface area contributed by atoms with Crippen LogP contribution in [0.3, 0.4) is 0 Å². The van der Waals surface area contributed by atoms with Crippen molar-refractivity contribution in [3.8, 4) is 0 Å². The van der Waals surface area contributed by atoms with Crippen LogP contribution in [-0.4, -0.2) is 57.6 Å². The highest BCUT2D eigenvalue weighted by molar-refractivity contribution is 7.98. The normalized spacial score (nSPS) is 32.0. The molecule has 1 amide bonds. The van der Waals surface area contributed by atoms with E-state index in [1.165, 1.54) is 11.8 Å². The molecule has 2 aliphatic rings. The summed E-state index contributed by atoms with van der Waals surface area (Å²) in [4.78, 5) is 18.8. The summed E-state index contributed by atoms with van der Waals surface area (Å²) in [5.41, 5.74) is 0.643. The Hall–Kier alpha value is -1.11. The van der Waals surface area contributed by atoms with Crippen LogP contribution in [0.15, 0.2) is 23.4 Å². The Morgan fingerprint density at radius 2 is 1.90 bits per heavy atom. The fraction of sp³-hybridized carbons (Fsp3) is 0.600. The molecule has 3 rings (SSSR count). The molecule has 21 heavy (non-hydrogen) atoms. The lowest BCUT2D eigenvalue weighted by Gasteiger charge is -2.31. The Bertz CT molecular complexity index is 521. The molecular formula is C15H20N2O3S. The molecule has 1 aromatic rings. The van der Waals surface area contributed by atoms with Crippen molar-refractivity contribution in [2.24, 2.45) is 11.8 Å². The molecule has 4 atom stereocenters. The molecule has 5 nitrogen and oxygen atoms in total. The highest BCUT2D eigenvalue weighted by Crippen LogP contribution is 2.37. The Morgan fingerprint density at radius 3 is 2.48 bits per heavy atom. The lowest BCUT2D eigenvalue weighted by atomic mass is 9.79. The van der Waals surface area contributed by atoms with E-state index in [9.17, 15) is 15.0 Å². The maximum absolute atomic E-state index is 12.7. The van der Waals surface area contributed by atoms with Crippen molar-refractivity contribution < 1.29 is 15.0 Å². The van der Waals surface area contributed by atoms with Gasteiger partial charge in [0, 0.05) is 19.3 Å². The van der Waals surface area contributed by atoms with Crippen molar-refractivity contribution in [1.29, 1.82) is 0 Å². The van der Waals surface area contributed by atoms with Crippen LogP contribution in [-0.2, 0) is 0 Å². The quantitative estimate of drug-likeness (QED) is 0.798. The lowest BCUT2D eigenvalue weighted by Crippen LogP contribution is -2.38. The number of hydrogen-bond donors (Lipinski definition) is 2. The molecule has 0 radical (unpaired) electrons. The Morgan fingerprint density at radius 1 is 1.29 bits per heavy atom. The number of aliphatic hydroxyl groups is 2. The van der Waals surface area contributed by atoms with Crippen molar-refractivity contribution in [1.82, 2.24) is 9.88 Å². The van der Waals surface area contributed by atoms with Crippen molar-refractivity contribution in [3.63, 3.8) is 0 Å². The van der Waals surface area contributed by atoms with Gasteiger partial charge in [-0.3, -0.25) is 4.79 Å². The van der Waals surface area contributed by atoms with Gasteiger partial charge in [0.05, 0.1) is 17.8 Å². The summed E-state index contributed by atoms with van der Waals surface area (Å²) in [5, 5.41) is 20.3. The zero-order chi connectivity index (χ0) is 15.0. The van der Waals surface area contributed by atoms with Crippen LogP contribution in [0.4, 0.5) is 0 Å². The first-order valence-electron chi connectivity index (χ1n) is 7.24. The molecule has 114 valence electrons. The summed E-state index contributed by atoms with van der Waals surface area (Å²) >= 11 is 1.47. The average Bonchev–Trinajstić information content (AvgIpc) is 2.89. The fourth-order valence-corrected chi connectivity index (χ4v) is 4.00. The third kappa shape index (κ3) is 2.80. The predicted molar refractivity (Wildman–Crippen MR) is 80.1 cm³/mol. The van der Waals surface area contributed by atoms with Crippen LogP contribution in [0.2, 0.25) is 0 Å². The number of thioether (sulfide) groups is 1. The van der Waals surface area contributed by atoms with Crippen molar-refractivity contribution in [2.45, 2.75) is 30.1 Å². The van der Waals surface area contributed by atoms with Crippen LogP contribution in [0.5, 0.6) is 0 Å². The summed E-state index contributed by atoms with van der Waals surface area (Å²) < 4.78 is 0. The molecule has 1 aromatic heterocycles. The molecule has 2 heterocycles. The molecule has 1 aliphatic carbocycles. The van der Waals surface area contributed by atoms with E-state index < -0.39 is 12.2 Å². The van der Waals surface area contributed by atoms with Crippen molar-refractivity contribution in [3.05, 3.63) is 23.9 Å². The second kappa shape index (κ2) is 5.94. The minimum atomic E-state index is -0.651. The summed E-state index contributed by atoms with van der Waals surface area (Å²) in [5.74, 6) is 0.592. The Labute approximate surface area is 128 Å². The van der Waals surface area contributed by atoms with Gasteiger partial charge in [0.15, 0.2) is 0 Å². The van der Waals surface area contributed by atoms with Gasteiger partial charge in [-0.05, 0) is 43.1 Å². The molecule has 0 spiro atoms. The highest BCUT2D eigenvalue weighted by atomic mass is 32.2. The third-order valence-corrected chi connectivity index (χ3v) is 5.30. The van der Waals surface area contributed by atoms with Gasteiger partial charge in [-0.15, -0.1) is 11.8 Å². The highest BCUT2D eigenvalue weighted by Gasteiger charge is 2.42. The minimum absolute atomic E-state index is 0.00540. The van der Waals surface area contributed by atoms with E-state index in [1.54, 1.807) is 12.3 Å². The average molecular weight is 308 g/mol. The molecule has 1 aliphatic heterocycles. The van der Waals surface area contributed by atoms with Gasteiger partial charge < -0.3 is 15.1 Å². The molecule has 0 aromatic carbocycles. The first-order valence-corrected chi connectivity index (χ1v) is 8.47. The third-order valence-electron chi connectivity index (χ3n) is 4.59.